The Labute approximate surface area is 485 Å². The molecule has 0 spiro atoms. The van der Waals surface area contributed by atoms with Crippen molar-refractivity contribution in [3.05, 3.63) is 124 Å². The standard InChI is InChI=1S/C61H68N6O13S2/c1-61(2,82-81-24-10-15-58(70)80-67-56(68)16-17-57(67)69)38-64(18-19-76-22-23-77-21-20-73-3)43-26-39(36-78-54-32-48-46(30-52(54)74-4)59(71)65-44(34-62-48)28-41-11-6-8-13-50(41)65)25-40(27-43)37-79-55-33-49-47(31-53(55)75-5)60(72)66-45(35-63-49)29-42-12-7-9-14-51(42)66/h6-9,11-14,25-27,30-34,44-45,63H,10,15-24,28-29,35-38H2,1-5H3/t44-,45?/m0/s1. The smallest absolute Gasteiger partial charge is 0.333 e. The Hall–Kier alpha value is -7.30. The van der Waals surface area contributed by atoms with Crippen molar-refractivity contribution in [2.45, 2.75) is 82.4 Å². The molecule has 5 aromatic carbocycles. The van der Waals surface area contributed by atoms with Crippen LogP contribution in [0.3, 0.4) is 0 Å². The fourth-order valence-electron chi connectivity index (χ4n) is 10.7. The summed E-state index contributed by atoms with van der Waals surface area (Å²) in [6, 6.07) is 28.9. The summed E-state index contributed by atoms with van der Waals surface area (Å²) in [7, 11) is 8.05. The highest BCUT2D eigenvalue weighted by molar-refractivity contribution is 8.77. The van der Waals surface area contributed by atoms with E-state index < -0.39 is 17.8 Å². The maximum atomic E-state index is 14.3. The van der Waals surface area contributed by atoms with E-state index >= 15 is 0 Å². The molecule has 5 aliphatic heterocycles. The summed E-state index contributed by atoms with van der Waals surface area (Å²) in [6.45, 7) is 8.30. The van der Waals surface area contributed by atoms with Gasteiger partial charge in [0, 0.05) is 98.3 Å². The first-order valence-electron chi connectivity index (χ1n) is 27.5. The number of rotatable bonds is 27. The van der Waals surface area contributed by atoms with Crippen LogP contribution in [-0.2, 0) is 59.5 Å². The number of imide groups is 1. The molecule has 0 radical (unpaired) electrons. The average molecular weight is 1160 g/mol. The summed E-state index contributed by atoms with van der Waals surface area (Å²) >= 11 is 0. The molecule has 5 aromatic rings. The number of fused-ring (bicyclic) bond motifs is 8. The highest BCUT2D eigenvalue weighted by Gasteiger charge is 2.39. The van der Waals surface area contributed by atoms with Crippen molar-refractivity contribution in [2.75, 3.05) is 99.8 Å². The van der Waals surface area contributed by atoms with Crippen LogP contribution in [-0.4, -0.2) is 137 Å². The molecule has 5 heterocycles. The predicted molar refractivity (Wildman–Crippen MR) is 315 cm³/mol. The molecule has 0 aromatic heterocycles. The number of para-hydroxylation sites is 2. The number of hydrogen-bond donors (Lipinski definition) is 1. The number of nitrogens with one attached hydrogen (secondary N) is 1. The third-order valence-corrected chi connectivity index (χ3v) is 18.0. The van der Waals surface area contributed by atoms with Crippen LogP contribution in [0.2, 0.25) is 0 Å². The van der Waals surface area contributed by atoms with Crippen LogP contribution in [0, 0.1) is 0 Å². The van der Waals surface area contributed by atoms with Crippen molar-refractivity contribution >= 4 is 85.8 Å². The lowest BCUT2D eigenvalue weighted by molar-refractivity contribution is -0.197. The number of anilines is 4. The van der Waals surface area contributed by atoms with E-state index in [1.165, 1.54) is 0 Å². The minimum absolute atomic E-state index is 0.0379. The lowest BCUT2D eigenvalue weighted by Crippen LogP contribution is -2.39. The summed E-state index contributed by atoms with van der Waals surface area (Å²) in [5.74, 6) is 0.379. The largest absolute Gasteiger partial charge is 0.493 e. The predicted octanol–water partition coefficient (Wildman–Crippen LogP) is 9.18. The molecule has 1 N–H and O–H groups in total. The van der Waals surface area contributed by atoms with Crippen molar-refractivity contribution in [1.82, 2.24) is 5.06 Å². The summed E-state index contributed by atoms with van der Waals surface area (Å²) < 4.78 is 41.7. The van der Waals surface area contributed by atoms with Gasteiger partial charge in [0.2, 0.25) is 0 Å². The van der Waals surface area contributed by atoms with Crippen LogP contribution in [0.4, 0.5) is 28.4 Å². The van der Waals surface area contributed by atoms with E-state index in [2.05, 4.69) is 42.3 Å². The van der Waals surface area contributed by atoms with Crippen LogP contribution in [0.15, 0.2) is 96.0 Å². The first kappa shape index (κ1) is 57.9. The third kappa shape index (κ3) is 13.3. The van der Waals surface area contributed by atoms with Gasteiger partial charge >= 0.3 is 5.97 Å². The number of carbonyl (C=O) groups is 5. The molecule has 432 valence electrons. The molecule has 2 atom stereocenters. The first-order chi connectivity index (χ1) is 39.8. The van der Waals surface area contributed by atoms with Gasteiger partial charge in [0.25, 0.3) is 23.6 Å². The summed E-state index contributed by atoms with van der Waals surface area (Å²) in [5.41, 5.74) is 8.57. The molecule has 1 saturated heterocycles. The summed E-state index contributed by atoms with van der Waals surface area (Å²) in [4.78, 5) is 81.0. The molecule has 4 amide bonds. The van der Waals surface area contributed by atoms with Crippen LogP contribution in [0.25, 0.3) is 0 Å². The molecule has 5 aliphatic rings. The Morgan fingerprint density at radius 2 is 1.34 bits per heavy atom. The monoisotopic (exact) mass is 1160 g/mol. The number of hydroxylamine groups is 2. The SMILES string of the molecule is COCCOCCOCCN(CC(C)(C)SSCCCC(=O)ON1C(=O)CCC1=O)c1cc(COc2cc3c(cc2OC)C(=O)N2c4ccccc4C[C@H]2C=N3)cc(COc2cc3c(cc2OC)C(=O)N2c4ccccc4CC2CN3)c1. The minimum Gasteiger partial charge on any atom is -0.493 e. The number of hydrogen-bond acceptors (Lipinski definition) is 18. The number of ether oxygens (including phenoxy) is 7. The molecule has 0 aliphatic carbocycles. The van der Waals surface area contributed by atoms with Crippen molar-refractivity contribution in [3.63, 3.8) is 0 Å². The highest BCUT2D eigenvalue weighted by atomic mass is 33.1. The lowest BCUT2D eigenvalue weighted by Gasteiger charge is -2.34. The lowest BCUT2D eigenvalue weighted by atomic mass is 10.1. The van der Waals surface area contributed by atoms with E-state index in [9.17, 15) is 24.0 Å². The fraction of sp³-hybridized carbons (Fsp3) is 0.410. The molecule has 0 saturated carbocycles. The first-order valence-corrected chi connectivity index (χ1v) is 29.8. The Kier molecular flexibility index (Phi) is 18.6. The second kappa shape index (κ2) is 26.3. The van der Waals surface area contributed by atoms with E-state index in [1.807, 2.05) is 65.7 Å². The van der Waals surface area contributed by atoms with Crippen LogP contribution < -0.4 is 39.0 Å². The molecule has 1 unspecified atom stereocenters. The normalized spacial score (nSPS) is 16.8. The van der Waals surface area contributed by atoms with Gasteiger partial charge in [0.1, 0.15) is 13.2 Å². The number of aliphatic imine (C=N–C) groups is 1. The molecule has 19 nitrogen and oxygen atoms in total. The number of nitrogens with zero attached hydrogens (tertiary/aromatic N) is 5. The van der Waals surface area contributed by atoms with E-state index in [0.717, 1.165) is 45.7 Å². The minimum atomic E-state index is -0.623. The Morgan fingerprint density at radius 1 is 0.720 bits per heavy atom. The van der Waals surface area contributed by atoms with E-state index in [1.54, 1.807) is 66.0 Å². The fourth-order valence-corrected chi connectivity index (χ4v) is 13.3. The Bertz CT molecular complexity index is 3210. The van der Waals surface area contributed by atoms with E-state index in [-0.39, 0.29) is 61.1 Å². The molecule has 10 rings (SSSR count). The van der Waals surface area contributed by atoms with Crippen LogP contribution in [0.5, 0.6) is 23.0 Å². The Balaban J connectivity index is 0.908. The average Bonchev–Trinajstić information content (AvgIpc) is 3.00. The zero-order valence-electron chi connectivity index (χ0n) is 46.8. The zero-order chi connectivity index (χ0) is 57.3. The number of carbonyl (C=O) groups excluding carboxylic acids is 5. The van der Waals surface area contributed by atoms with Crippen molar-refractivity contribution < 1.29 is 62.0 Å². The molecule has 82 heavy (non-hydrogen) atoms. The van der Waals surface area contributed by atoms with Crippen LogP contribution >= 0.6 is 21.6 Å². The van der Waals surface area contributed by atoms with Gasteiger partial charge in [-0.05, 0) is 91.4 Å². The van der Waals surface area contributed by atoms with E-state index in [0.29, 0.717) is 122 Å². The maximum Gasteiger partial charge on any atom is 0.333 e. The van der Waals surface area contributed by atoms with Gasteiger partial charge < -0.3 is 53.1 Å². The maximum absolute atomic E-state index is 14.3. The van der Waals surface area contributed by atoms with Crippen molar-refractivity contribution in [3.8, 4) is 23.0 Å². The van der Waals surface area contributed by atoms with Gasteiger partial charge in [-0.1, -0.05) is 58.0 Å². The Morgan fingerprint density at radius 3 is 2.04 bits per heavy atom. The van der Waals surface area contributed by atoms with Gasteiger partial charge in [-0.3, -0.25) is 29.1 Å². The quantitative estimate of drug-likeness (QED) is 0.0296. The molecular formula is C61H68N6O13S2. The molecule has 0 bridgehead atoms. The van der Waals surface area contributed by atoms with Gasteiger partial charge in [-0.15, -0.1) is 5.06 Å². The van der Waals surface area contributed by atoms with Crippen molar-refractivity contribution in [2.24, 2.45) is 4.99 Å². The van der Waals surface area contributed by atoms with Gasteiger partial charge in [0.15, 0.2) is 23.0 Å². The molecule has 21 heteroatoms. The molecular weight excluding hydrogens is 1090 g/mol. The second-order valence-corrected chi connectivity index (χ2v) is 24.1. The van der Waals surface area contributed by atoms with E-state index in [4.69, 9.17) is 43.0 Å². The third-order valence-electron chi connectivity index (χ3n) is 14.6. The summed E-state index contributed by atoms with van der Waals surface area (Å²) in [5, 5.41) is 4.12. The number of benzene rings is 5. The zero-order valence-corrected chi connectivity index (χ0v) is 48.4. The number of amides is 4. The topological polar surface area (TPSA) is 197 Å². The molecule has 1 fully saturated rings. The van der Waals surface area contributed by atoms with Crippen molar-refractivity contribution in [1.29, 1.82) is 0 Å². The second-order valence-electron chi connectivity index (χ2n) is 21.0. The van der Waals surface area contributed by atoms with Gasteiger partial charge in [-0.2, -0.15) is 0 Å². The number of methoxy groups -OCH3 is 3. The summed E-state index contributed by atoms with van der Waals surface area (Å²) in [6.07, 6.45) is 3.86. The van der Waals surface area contributed by atoms with Gasteiger partial charge in [-0.25, -0.2) is 4.79 Å². The van der Waals surface area contributed by atoms with Gasteiger partial charge in [0.05, 0.1) is 81.8 Å². The highest BCUT2D eigenvalue weighted by Crippen LogP contribution is 2.44. The van der Waals surface area contributed by atoms with Crippen LogP contribution in [0.1, 0.15) is 82.5 Å².